The number of aromatic nitrogens is 3. The largest absolute Gasteiger partial charge is 0.459 e. The average Bonchev–Trinajstić information content (AvgIpc) is 3.10. The van der Waals surface area contributed by atoms with Crippen LogP contribution in [-0.2, 0) is 22.6 Å². The second kappa shape index (κ2) is 7.45. The standard InChI is InChI=1S/C21H19N3O3/c25-20-12-16(23-19-9-3-4-11-24(19)20)14-27-21(26)10-5-6-15-13-22-18-8-2-1-7-17(15)18/h1-4,7-9,11-13,22H,5-6,10,14H2. The maximum atomic E-state index is 12.0. The number of para-hydroxylation sites is 1. The van der Waals surface area contributed by atoms with Gasteiger partial charge in [-0.05, 0) is 36.6 Å². The average molecular weight is 361 g/mol. The lowest BCUT2D eigenvalue weighted by Crippen LogP contribution is -2.16. The highest BCUT2D eigenvalue weighted by Crippen LogP contribution is 2.19. The van der Waals surface area contributed by atoms with Crippen molar-refractivity contribution in [2.75, 3.05) is 0 Å². The highest BCUT2D eigenvalue weighted by molar-refractivity contribution is 5.83. The molecule has 3 aromatic heterocycles. The van der Waals surface area contributed by atoms with E-state index in [1.165, 1.54) is 21.4 Å². The van der Waals surface area contributed by atoms with Gasteiger partial charge in [0, 0.05) is 35.8 Å². The van der Waals surface area contributed by atoms with Crippen molar-refractivity contribution >= 4 is 22.5 Å². The van der Waals surface area contributed by atoms with E-state index in [2.05, 4.69) is 16.0 Å². The number of benzene rings is 1. The Hall–Kier alpha value is -3.41. The summed E-state index contributed by atoms with van der Waals surface area (Å²) >= 11 is 0. The first-order valence-corrected chi connectivity index (χ1v) is 8.89. The lowest BCUT2D eigenvalue weighted by atomic mass is 10.1. The third-order valence-corrected chi connectivity index (χ3v) is 4.51. The molecule has 0 aliphatic heterocycles. The van der Waals surface area contributed by atoms with E-state index in [0.29, 0.717) is 24.2 Å². The number of carbonyl (C=O) groups is 1. The van der Waals surface area contributed by atoms with Crippen LogP contribution in [0.5, 0.6) is 0 Å². The summed E-state index contributed by atoms with van der Waals surface area (Å²) in [6, 6.07) is 14.8. The summed E-state index contributed by atoms with van der Waals surface area (Å²) in [7, 11) is 0. The molecule has 0 atom stereocenters. The minimum atomic E-state index is -0.287. The summed E-state index contributed by atoms with van der Waals surface area (Å²) < 4.78 is 6.73. The van der Waals surface area contributed by atoms with E-state index in [9.17, 15) is 9.59 Å². The minimum Gasteiger partial charge on any atom is -0.459 e. The maximum Gasteiger partial charge on any atom is 0.306 e. The normalized spacial score (nSPS) is 11.1. The fourth-order valence-electron chi connectivity index (χ4n) is 3.17. The molecular weight excluding hydrogens is 342 g/mol. The zero-order chi connectivity index (χ0) is 18.6. The smallest absolute Gasteiger partial charge is 0.306 e. The Bertz CT molecular complexity index is 1160. The Labute approximate surface area is 155 Å². The van der Waals surface area contributed by atoms with Crippen LogP contribution in [0.1, 0.15) is 24.1 Å². The van der Waals surface area contributed by atoms with Gasteiger partial charge < -0.3 is 9.72 Å². The molecule has 0 unspecified atom stereocenters. The molecule has 0 aliphatic rings. The van der Waals surface area contributed by atoms with E-state index >= 15 is 0 Å². The molecule has 6 heteroatoms. The quantitative estimate of drug-likeness (QED) is 0.535. The second-order valence-electron chi connectivity index (χ2n) is 6.39. The predicted octanol–water partition coefficient (Wildman–Crippen LogP) is 3.24. The Morgan fingerprint density at radius 3 is 2.93 bits per heavy atom. The van der Waals surface area contributed by atoms with Crippen LogP contribution >= 0.6 is 0 Å². The summed E-state index contributed by atoms with van der Waals surface area (Å²) in [5, 5.41) is 1.19. The number of aromatic amines is 1. The molecule has 0 radical (unpaired) electrons. The molecule has 4 rings (SSSR count). The topological polar surface area (TPSA) is 76.5 Å². The number of ether oxygens (including phenoxy) is 1. The molecule has 0 saturated carbocycles. The summed E-state index contributed by atoms with van der Waals surface area (Å²) in [5.41, 5.74) is 3.10. The van der Waals surface area contributed by atoms with Crippen molar-refractivity contribution < 1.29 is 9.53 Å². The number of carbonyl (C=O) groups excluding carboxylic acids is 1. The van der Waals surface area contributed by atoms with Crippen molar-refractivity contribution in [3.8, 4) is 0 Å². The number of nitrogens with zero attached hydrogens (tertiary/aromatic N) is 2. The Kier molecular flexibility index (Phi) is 4.70. The number of fused-ring (bicyclic) bond motifs is 2. The molecule has 0 aliphatic carbocycles. The van der Waals surface area contributed by atoms with Crippen molar-refractivity contribution in [3.63, 3.8) is 0 Å². The molecule has 0 bridgehead atoms. The van der Waals surface area contributed by atoms with E-state index in [1.54, 1.807) is 18.3 Å². The van der Waals surface area contributed by atoms with Crippen LogP contribution < -0.4 is 5.56 Å². The van der Waals surface area contributed by atoms with Gasteiger partial charge in [-0.25, -0.2) is 4.98 Å². The van der Waals surface area contributed by atoms with Gasteiger partial charge in [-0.2, -0.15) is 0 Å². The molecular formula is C21H19N3O3. The lowest BCUT2D eigenvalue weighted by molar-refractivity contribution is -0.145. The number of nitrogens with one attached hydrogen (secondary N) is 1. The fourth-order valence-corrected chi connectivity index (χ4v) is 3.17. The number of hydrogen-bond acceptors (Lipinski definition) is 4. The summed E-state index contributed by atoms with van der Waals surface area (Å²) in [6.07, 6.45) is 5.48. The number of rotatable bonds is 6. The van der Waals surface area contributed by atoms with Crippen molar-refractivity contribution in [1.29, 1.82) is 0 Å². The predicted molar refractivity (Wildman–Crippen MR) is 102 cm³/mol. The summed E-state index contributed by atoms with van der Waals surface area (Å²) in [4.78, 5) is 31.6. The number of H-pyrrole nitrogens is 1. The zero-order valence-corrected chi connectivity index (χ0v) is 14.7. The Balaban J connectivity index is 1.32. The van der Waals surface area contributed by atoms with Gasteiger partial charge >= 0.3 is 5.97 Å². The lowest BCUT2D eigenvalue weighted by Gasteiger charge is -2.06. The Morgan fingerprint density at radius 1 is 1.15 bits per heavy atom. The molecule has 136 valence electrons. The SMILES string of the molecule is O=C(CCCc1c[nH]c2ccccc12)OCc1cc(=O)n2ccccc2n1. The summed E-state index contributed by atoms with van der Waals surface area (Å²) in [6.45, 7) is 0.00650. The number of pyridine rings is 1. The molecule has 0 saturated heterocycles. The van der Waals surface area contributed by atoms with E-state index in [1.807, 2.05) is 30.5 Å². The molecule has 27 heavy (non-hydrogen) atoms. The van der Waals surface area contributed by atoms with Gasteiger partial charge in [-0.15, -0.1) is 0 Å². The fraction of sp³-hybridized carbons (Fsp3) is 0.190. The van der Waals surface area contributed by atoms with Crippen molar-refractivity contribution in [2.24, 2.45) is 0 Å². The van der Waals surface area contributed by atoms with Gasteiger partial charge in [-0.3, -0.25) is 14.0 Å². The van der Waals surface area contributed by atoms with Crippen molar-refractivity contribution in [1.82, 2.24) is 14.4 Å². The second-order valence-corrected chi connectivity index (χ2v) is 6.39. The van der Waals surface area contributed by atoms with Crippen LogP contribution in [0.25, 0.3) is 16.6 Å². The first-order chi connectivity index (χ1) is 13.2. The van der Waals surface area contributed by atoms with Crippen LogP contribution in [0.2, 0.25) is 0 Å². The third kappa shape index (κ3) is 3.74. The monoisotopic (exact) mass is 361 g/mol. The van der Waals surface area contributed by atoms with E-state index in [4.69, 9.17) is 4.74 Å². The van der Waals surface area contributed by atoms with Crippen LogP contribution in [-0.4, -0.2) is 20.3 Å². The molecule has 1 N–H and O–H groups in total. The highest BCUT2D eigenvalue weighted by atomic mass is 16.5. The third-order valence-electron chi connectivity index (χ3n) is 4.51. The number of aryl methyl sites for hydroxylation is 1. The van der Waals surface area contributed by atoms with Gasteiger partial charge in [0.2, 0.25) is 0 Å². The zero-order valence-electron chi connectivity index (χ0n) is 14.7. The van der Waals surface area contributed by atoms with Gasteiger partial charge in [0.25, 0.3) is 5.56 Å². The van der Waals surface area contributed by atoms with Crippen LogP contribution in [0, 0.1) is 0 Å². The van der Waals surface area contributed by atoms with Gasteiger partial charge in [0.15, 0.2) is 0 Å². The number of hydrogen-bond donors (Lipinski definition) is 1. The van der Waals surface area contributed by atoms with E-state index < -0.39 is 0 Å². The molecule has 0 fully saturated rings. The molecule has 1 aromatic carbocycles. The highest BCUT2D eigenvalue weighted by Gasteiger charge is 2.08. The molecule has 0 amide bonds. The van der Waals surface area contributed by atoms with Crippen LogP contribution in [0.15, 0.2) is 65.7 Å². The van der Waals surface area contributed by atoms with Crippen molar-refractivity contribution in [2.45, 2.75) is 25.9 Å². The van der Waals surface area contributed by atoms with Crippen molar-refractivity contribution in [3.05, 3.63) is 82.5 Å². The first-order valence-electron chi connectivity index (χ1n) is 8.89. The summed E-state index contributed by atoms with van der Waals surface area (Å²) in [5.74, 6) is -0.287. The first kappa shape index (κ1) is 17.0. The maximum absolute atomic E-state index is 12.0. The molecule has 4 aromatic rings. The van der Waals surface area contributed by atoms with Gasteiger partial charge in [-0.1, -0.05) is 24.3 Å². The Morgan fingerprint density at radius 2 is 2.00 bits per heavy atom. The molecule has 6 nitrogen and oxygen atoms in total. The van der Waals surface area contributed by atoms with Crippen LogP contribution in [0.4, 0.5) is 0 Å². The number of esters is 1. The minimum absolute atomic E-state index is 0.00650. The van der Waals surface area contributed by atoms with Crippen LogP contribution in [0.3, 0.4) is 0 Å². The molecule has 0 spiro atoms. The van der Waals surface area contributed by atoms with E-state index in [0.717, 1.165) is 11.9 Å². The van der Waals surface area contributed by atoms with Gasteiger partial charge in [0.05, 0.1) is 5.69 Å². The molecule has 3 heterocycles. The van der Waals surface area contributed by atoms with E-state index in [-0.39, 0.29) is 18.1 Å². The van der Waals surface area contributed by atoms with Gasteiger partial charge in [0.1, 0.15) is 12.3 Å².